The van der Waals surface area contributed by atoms with Gasteiger partial charge in [0.15, 0.2) is 0 Å². The van der Waals surface area contributed by atoms with Gasteiger partial charge in [-0.1, -0.05) is 0 Å². The van der Waals surface area contributed by atoms with Crippen LogP contribution in [0.3, 0.4) is 0 Å². The topological polar surface area (TPSA) is 50.7 Å². The molecule has 1 saturated carbocycles. The second-order valence-corrected chi connectivity index (χ2v) is 7.07. The molecule has 3 rings (SSSR count). The van der Waals surface area contributed by atoms with E-state index in [4.69, 9.17) is 4.98 Å². The Kier molecular flexibility index (Phi) is 4.21. The summed E-state index contributed by atoms with van der Waals surface area (Å²) in [6.07, 6.45) is 3.25. The molecular formula is C14H17IN4S. The fourth-order valence-corrected chi connectivity index (χ4v) is 3.76. The lowest BCUT2D eigenvalue weighted by Crippen LogP contribution is -2.09. The van der Waals surface area contributed by atoms with Crippen molar-refractivity contribution in [2.45, 2.75) is 39.0 Å². The number of rotatable bonds is 5. The monoisotopic (exact) mass is 400 g/mol. The summed E-state index contributed by atoms with van der Waals surface area (Å²) in [6.45, 7) is 5.00. The van der Waals surface area contributed by atoms with Crippen molar-refractivity contribution in [3.8, 4) is 0 Å². The third-order valence-electron chi connectivity index (χ3n) is 3.21. The largest absolute Gasteiger partial charge is 0.369 e. The Balaban J connectivity index is 1.93. The van der Waals surface area contributed by atoms with E-state index in [-0.39, 0.29) is 0 Å². The molecule has 20 heavy (non-hydrogen) atoms. The first-order valence-electron chi connectivity index (χ1n) is 6.88. The second-order valence-electron chi connectivity index (χ2n) is 5.05. The van der Waals surface area contributed by atoms with Crippen molar-refractivity contribution in [1.29, 1.82) is 0 Å². The predicted octanol–water partition coefficient (Wildman–Crippen LogP) is 3.75. The third-order valence-corrected chi connectivity index (χ3v) is 5.24. The van der Waals surface area contributed by atoms with Gasteiger partial charge in [-0.15, -0.1) is 11.3 Å². The molecule has 2 aromatic rings. The van der Waals surface area contributed by atoms with Gasteiger partial charge in [0, 0.05) is 23.5 Å². The second kappa shape index (κ2) is 5.93. The first-order valence-corrected chi connectivity index (χ1v) is 8.84. The Morgan fingerprint density at radius 1 is 1.35 bits per heavy atom. The van der Waals surface area contributed by atoms with Crippen molar-refractivity contribution in [1.82, 2.24) is 15.0 Å². The molecule has 1 fully saturated rings. The van der Waals surface area contributed by atoms with Gasteiger partial charge in [-0.05, 0) is 49.3 Å². The van der Waals surface area contributed by atoms with E-state index < -0.39 is 0 Å². The van der Waals surface area contributed by atoms with Crippen LogP contribution in [0, 0.1) is 10.5 Å². The van der Waals surface area contributed by atoms with Crippen molar-refractivity contribution in [2.75, 3.05) is 11.9 Å². The molecule has 6 heteroatoms. The number of anilines is 1. The number of hydrogen-bond donors (Lipinski definition) is 1. The summed E-state index contributed by atoms with van der Waals surface area (Å²) in [5, 5.41) is 6.52. The summed E-state index contributed by atoms with van der Waals surface area (Å²) in [5.41, 5.74) is 2.30. The van der Waals surface area contributed by atoms with Crippen LogP contribution < -0.4 is 5.32 Å². The molecule has 0 amide bonds. The van der Waals surface area contributed by atoms with Crippen LogP contribution in [0.1, 0.15) is 47.9 Å². The van der Waals surface area contributed by atoms with Crippen LogP contribution in [0.25, 0.3) is 0 Å². The van der Waals surface area contributed by atoms with E-state index in [0.717, 1.165) is 35.3 Å². The Bertz CT molecular complexity index is 622. The molecule has 0 saturated heterocycles. The molecule has 0 aliphatic heterocycles. The molecule has 2 heterocycles. The van der Waals surface area contributed by atoms with Crippen LogP contribution in [0.5, 0.6) is 0 Å². The lowest BCUT2D eigenvalue weighted by Gasteiger charge is -2.11. The number of aryl methyl sites for hydroxylation is 1. The van der Waals surface area contributed by atoms with Gasteiger partial charge in [-0.25, -0.2) is 15.0 Å². The van der Waals surface area contributed by atoms with Crippen LogP contribution >= 0.6 is 33.9 Å². The van der Waals surface area contributed by atoms with Gasteiger partial charge in [0.1, 0.15) is 16.6 Å². The Morgan fingerprint density at radius 2 is 2.15 bits per heavy atom. The maximum atomic E-state index is 4.79. The van der Waals surface area contributed by atoms with Crippen LogP contribution in [-0.2, 0) is 6.42 Å². The summed E-state index contributed by atoms with van der Waals surface area (Å²) in [6, 6.07) is 0. The van der Waals surface area contributed by atoms with Gasteiger partial charge in [-0.3, -0.25) is 0 Å². The zero-order valence-corrected chi connectivity index (χ0v) is 14.6. The van der Waals surface area contributed by atoms with E-state index in [9.17, 15) is 0 Å². The van der Waals surface area contributed by atoms with E-state index in [1.807, 2.05) is 6.92 Å². The molecule has 0 bridgehead atoms. The molecule has 106 valence electrons. The molecule has 4 nitrogen and oxygen atoms in total. The number of hydrogen-bond acceptors (Lipinski definition) is 5. The van der Waals surface area contributed by atoms with Crippen LogP contribution in [-0.4, -0.2) is 21.5 Å². The minimum atomic E-state index is 0.638. The molecule has 0 unspecified atom stereocenters. The molecule has 1 aliphatic rings. The average molecular weight is 400 g/mol. The quantitative estimate of drug-likeness (QED) is 0.777. The highest BCUT2D eigenvalue weighted by atomic mass is 127. The zero-order chi connectivity index (χ0) is 14.1. The van der Waals surface area contributed by atoms with E-state index in [1.165, 1.54) is 22.1 Å². The lowest BCUT2D eigenvalue weighted by molar-refractivity contribution is 0.881. The van der Waals surface area contributed by atoms with Crippen molar-refractivity contribution in [3.63, 3.8) is 0 Å². The number of nitrogens with zero attached hydrogens (tertiary/aromatic N) is 3. The molecule has 0 atom stereocenters. The molecule has 2 aromatic heterocycles. The lowest BCUT2D eigenvalue weighted by atomic mass is 10.2. The summed E-state index contributed by atoms with van der Waals surface area (Å²) in [5.74, 6) is 2.50. The highest BCUT2D eigenvalue weighted by Crippen LogP contribution is 2.42. The molecule has 0 radical (unpaired) electrons. The highest BCUT2D eigenvalue weighted by molar-refractivity contribution is 14.1. The first kappa shape index (κ1) is 14.2. The molecule has 0 spiro atoms. The van der Waals surface area contributed by atoms with Gasteiger partial charge < -0.3 is 5.32 Å². The minimum absolute atomic E-state index is 0.638. The summed E-state index contributed by atoms with van der Waals surface area (Å²) in [7, 11) is 0. The standard InChI is InChI=1S/C14H17IN4S/c1-3-16-14-12(15)13(9-4-5-9)18-10(19-14)6-11-17-8(2)7-20-11/h7,9H,3-6H2,1-2H3,(H,16,18,19). The van der Waals surface area contributed by atoms with Crippen molar-refractivity contribution in [3.05, 3.63) is 31.2 Å². The molecular weight excluding hydrogens is 383 g/mol. The number of thiazole rings is 1. The van der Waals surface area contributed by atoms with Crippen LogP contribution in [0.15, 0.2) is 5.38 Å². The van der Waals surface area contributed by atoms with Gasteiger partial charge >= 0.3 is 0 Å². The number of aromatic nitrogens is 3. The third kappa shape index (κ3) is 3.11. The van der Waals surface area contributed by atoms with E-state index >= 15 is 0 Å². The molecule has 1 aliphatic carbocycles. The number of nitrogens with one attached hydrogen (secondary N) is 1. The summed E-state index contributed by atoms with van der Waals surface area (Å²) in [4.78, 5) is 14.0. The van der Waals surface area contributed by atoms with Gasteiger partial charge in [-0.2, -0.15) is 0 Å². The SMILES string of the molecule is CCNc1nc(Cc2nc(C)cs2)nc(C2CC2)c1I. The van der Waals surface area contributed by atoms with E-state index in [2.05, 4.69) is 50.2 Å². The smallest absolute Gasteiger partial charge is 0.143 e. The van der Waals surface area contributed by atoms with Gasteiger partial charge in [0.25, 0.3) is 0 Å². The Hall–Kier alpha value is -0.760. The van der Waals surface area contributed by atoms with Crippen molar-refractivity contribution in [2.24, 2.45) is 0 Å². The summed E-state index contributed by atoms with van der Waals surface area (Å²) >= 11 is 4.06. The highest BCUT2D eigenvalue weighted by Gasteiger charge is 2.29. The molecule has 0 aromatic carbocycles. The fourth-order valence-electron chi connectivity index (χ4n) is 2.12. The zero-order valence-electron chi connectivity index (χ0n) is 11.6. The summed E-state index contributed by atoms with van der Waals surface area (Å²) < 4.78 is 1.19. The van der Waals surface area contributed by atoms with Crippen molar-refractivity contribution >= 4 is 39.7 Å². The fraction of sp³-hybridized carbons (Fsp3) is 0.500. The van der Waals surface area contributed by atoms with E-state index in [0.29, 0.717) is 5.92 Å². The average Bonchev–Trinajstić information content (AvgIpc) is 3.18. The minimum Gasteiger partial charge on any atom is -0.369 e. The van der Waals surface area contributed by atoms with Crippen molar-refractivity contribution < 1.29 is 0 Å². The van der Waals surface area contributed by atoms with Crippen LogP contribution in [0.4, 0.5) is 5.82 Å². The maximum Gasteiger partial charge on any atom is 0.143 e. The Morgan fingerprint density at radius 3 is 2.75 bits per heavy atom. The number of halogens is 1. The maximum absolute atomic E-state index is 4.79. The normalized spacial score (nSPS) is 14.6. The van der Waals surface area contributed by atoms with E-state index in [1.54, 1.807) is 11.3 Å². The Labute approximate surface area is 136 Å². The predicted molar refractivity (Wildman–Crippen MR) is 90.5 cm³/mol. The van der Waals surface area contributed by atoms with Crippen LogP contribution in [0.2, 0.25) is 0 Å². The van der Waals surface area contributed by atoms with Gasteiger partial charge in [0.2, 0.25) is 0 Å². The molecule has 1 N–H and O–H groups in total. The first-order chi connectivity index (χ1) is 9.67. The van der Waals surface area contributed by atoms with Gasteiger partial charge in [0.05, 0.1) is 15.7 Å².